The summed E-state index contributed by atoms with van der Waals surface area (Å²) in [5, 5.41) is 3.34. The summed E-state index contributed by atoms with van der Waals surface area (Å²) in [5.41, 5.74) is 1.76. The number of carbonyl (C=O) groups is 2. The summed E-state index contributed by atoms with van der Waals surface area (Å²) in [5.74, 6) is -0.850. The van der Waals surface area contributed by atoms with E-state index < -0.39 is 28.5 Å². The molecule has 3 rings (SSSR count). The van der Waals surface area contributed by atoms with Gasteiger partial charge in [-0.15, -0.1) is 0 Å². The SMILES string of the molecule is CC[C@H](C(=O)N[C@@H](C)CC)N(Cc1ccccc1)C(=O)CN(c1cc(Cl)ccc1Cl)S(=O)(=O)c1ccc(C)cc1. The van der Waals surface area contributed by atoms with E-state index in [4.69, 9.17) is 23.2 Å². The molecule has 3 aromatic carbocycles. The van der Waals surface area contributed by atoms with Crippen LogP contribution >= 0.6 is 23.2 Å². The number of anilines is 1. The molecule has 0 spiro atoms. The standard InChI is InChI=1S/C30H35Cl2N3O4S/c1-5-22(4)33-30(37)27(6-2)34(19-23-10-8-7-9-11-23)29(36)20-35(28-18-24(31)14-17-26(28)32)40(38,39)25-15-12-21(3)13-16-25/h7-18,22,27H,5-6,19-20H2,1-4H3,(H,33,37)/t22-,27+/m0/s1. The minimum Gasteiger partial charge on any atom is -0.352 e. The molecule has 0 bridgehead atoms. The van der Waals surface area contributed by atoms with E-state index in [1.807, 2.05) is 58.0 Å². The Labute approximate surface area is 247 Å². The molecule has 3 aromatic rings. The fourth-order valence-electron chi connectivity index (χ4n) is 4.17. The third-order valence-corrected chi connectivity index (χ3v) is 8.98. The molecule has 0 aliphatic carbocycles. The van der Waals surface area contributed by atoms with Crippen molar-refractivity contribution in [2.45, 2.75) is 64.1 Å². The van der Waals surface area contributed by atoms with Crippen molar-refractivity contribution in [2.75, 3.05) is 10.8 Å². The van der Waals surface area contributed by atoms with Gasteiger partial charge in [-0.25, -0.2) is 8.42 Å². The van der Waals surface area contributed by atoms with Crippen LogP contribution in [0.1, 0.15) is 44.7 Å². The highest BCUT2D eigenvalue weighted by atomic mass is 35.5. The normalized spacial score (nSPS) is 12.8. The lowest BCUT2D eigenvalue weighted by atomic mass is 10.1. The first-order valence-corrected chi connectivity index (χ1v) is 15.4. The van der Waals surface area contributed by atoms with Gasteiger partial charge in [0.25, 0.3) is 10.0 Å². The van der Waals surface area contributed by atoms with Gasteiger partial charge < -0.3 is 10.2 Å². The van der Waals surface area contributed by atoms with Gasteiger partial charge in [0.15, 0.2) is 0 Å². The number of carbonyl (C=O) groups excluding carboxylic acids is 2. The van der Waals surface area contributed by atoms with E-state index in [0.29, 0.717) is 6.42 Å². The average molecular weight is 605 g/mol. The van der Waals surface area contributed by atoms with Crippen molar-refractivity contribution in [3.05, 3.63) is 94.0 Å². The van der Waals surface area contributed by atoms with Gasteiger partial charge in [-0.2, -0.15) is 0 Å². The van der Waals surface area contributed by atoms with Crippen molar-refractivity contribution >= 4 is 50.7 Å². The Morgan fingerprint density at radius 1 is 0.925 bits per heavy atom. The minimum atomic E-state index is -4.25. The predicted octanol–water partition coefficient (Wildman–Crippen LogP) is 6.22. The average Bonchev–Trinajstić information content (AvgIpc) is 2.93. The molecular weight excluding hydrogens is 569 g/mol. The smallest absolute Gasteiger partial charge is 0.264 e. The third kappa shape index (κ3) is 7.77. The lowest BCUT2D eigenvalue weighted by molar-refractivity contribution is -0.140. The number of amides is 2. The monoisotopic (exact) mass is 603 g/mol. The number of nitrogens with zero attached hydrogens (tertiary/aromatic N) is 2. The molecular formula is C30H35Cl2N3O4S. The van der Waals surface area contributed by atoms with Crippen LogP contribution < -0.4 is 9.62 Å². The van der Waals surface area contributed by atoms with Crippen molar-refractivity contribution in [3.8, 4) is 0 Å². The Balaban J connectivity index is 2.09. The van der Waals surface area contributed by atoms with Gasteiger partial charge in [0.2, 0.25) is 11.8 Å². The molecule has 2 amide bonds. The lowest BCUT2D eigenvalue weighted by Crippen LogP contribution is -2.53. The summed E-state index contributed by atoms with van der Waals surface area (Å²) < 4.78 is 28.9. The van der Waals surface area contributed by atoms with Gasteiger partial charge >= 0.3 is 0 Å². The molecule has 0 radical (unpaired) electrons. The van der Waals surface area contributed by atoms with Crippen LogP contribution in [0.3, 0.4) is 0 Å². The van der Waals surface area contributed by atoms with Crippen LogP contribution in [-0.2, 0) is 26.2 Å². The van der Waals surface area contributed by atoms with Crippen LogP contribution in [0.15, 0.2) is 77.7 Å². The van der Waals surface area contributed by atoms with Gasteiger partial charge in [-0.3, -0.25) is 13.9 Å². The second kappa shape index (κ2) is 14.0. The van der Waals surface area contributed by atoms with E-state index in [0.717, 1.165) is 21.9 Å². The number of halogens is 2. The molecule has 7 nitrogen and oxygen atoms in total. The van der Waals surface area contributed by atoms with Crippen molar-refractivity contribution in [1.82, 2.24) is 10.2 Å². The highest BCUT2D eigenvalue weighted by Crippen LogP contribution is 2.33. The zero-order valence-corrected chi connectivity index (χ0v) is 25.4. The molecule has 0 aliphatic rings. The quantitative estimate of drug-likeness (QED) is 0.266. The Hall–Kier alpha value is -3.07. The molecule has 0 aliphatic heterocycles. The first kappa shape index (κ1) is 31.5. The number of sulfonamides is 1. The molecule has 0 heterocycles. The maximum Gasteiger partial charge on any atom is 0.264 e. The number of benzene rings is 3. The largest absolute Gasteiger partial charge is 0.352 e. The van der Waals surface area contributed by atoms with Crippen LogP contribution in [0.5, 0.6) is 0 Å². The molecule has 0 aromatic heterocycles. The van der Waals surface area contributed by atoms with Crippen LogP contribution in [0.4, 0.5) is 5.69 Å². The third-order valence-electron chi connectivity index (χ3n) is 6.65. The predicted molar refractivity (Wildman–Crippen MR) is 161 cm³/mol. The Morgan fingerprint density at radius 2 is 1.57 bits per heavy atom. The first-order valence-electron chi connectivity index (χ1n) is 13.2. The summed E-state index contributed by atoms with van der Waals surface area (Å²) in [6.45, 7) is 7.06. The molecule has 214 valence electrons. The van der Waals surface area contributed by atoms with E-state index in [1.165, 1.54) is 29.2 Å². The van der Waals surface area contributed by atoms with Crippen molar-refractivity contribution in [1.29, 1.82) is 0 Å². The van der Waals surface area contributed by atoms with Crippen LogP contribution in [0.25, 0.3) is 0 Å². The molecule has 0 saturated heterocycles. The molecule has 40 heavy (non-hydrogen) atoms. The maximum absolute atomic E-state index is 14.1. The molecule has 2 atom stereocenters. The number of hydrogen-bond acceptors (Lipinski definition) is 4. The highest BCUT2D eigenvalue weighted by molar-refractivity contribution is 7.92. The first-order chi connectivity index (χ1) is 19.0. The Kier molecular flexibility index (Phi) is 11.0. The highest BCUT2D eigenvalue weighted by Gasteiger charge is 2.34. The fraction of sp³-hybridized carbons (Fsp3) is 0.333. The van der Waals surface area contributed by atoms with Gasteiger partial charge in [0, 0.05) is 17.6 Å². The van der Waals surface area contributed by atoms with Gasteiger partial charge in [-0.1, -0.05) is 85.1 Å². The topological polar surface area (TPSA) is 86.8 Å². The summed E-state index contributed by atoms with van der Waals surface area (Å²) in [6.07, 6.45) is 1.06. The summed E-state index contributed by atoms with van der Waals surface area (Å²) in [7, 11) is -4.25. The zero-order chi connectivity index (χ0) is 29.4. The van der Waals surface area contributed by atoms with Crippen molar-refractivity contribution < 1.29 is 18.0 Å². The van der Waals surface area contributed by atoms with E-state index >= 15 is 0 Å². The summed E-state index contributed by atoms with van der Waals surface area (Å²) in [4.78, 5) is 28.8. The number of rotatable bonds is 12. The molecule has 0 saturated carbocycles. The second-order valence-electron chi connectivity index (χ2n) is 9.67. The van der Waals surface area contributed by atoms with Gasteiger partial charge in [0.1, 0.15) is 12.6 Å². The Morgan fingerprint density at radius 3 is 2.17 bits per heavy atom. The fourth-order valence-corrected chi connectivity index (χ4v) is 6.03. The number of hydrogen-bond donors (Lipinski definition) is 1. The zero-order valence-electron chi connectivity index (χ0n) is 23.1. The second-order valence-corrected chi connectivity index (χ2v) is 12.4. The molecule has 0 fully saturated rings. The molecule has 0 unspecified atom stereocenters. The summed E-state index contributed by atoms with van der Waals surface area (Å²) in [6, 6.07) is 19.1. The van der Waals surface area contributed by atoms with E-state index in [1.54, 1.807) is 18.2 Å². The van der Waals surface area contributed by atoms with Crippen LogP contribution in [0, 0.1) is 6.92 Å². The molecule has 1 N–H and O–H groups in total. The molecule has 10 heteroatoms. The van der Waals surface area contributed by atoms with Gasteiger partial charge in [-0.05, 0) is 62.6 Å². The van der Waals surface area contributed by atoms with Crippen LogP contribution in [0.2, 0.25) is 10.0 Å². The van der Waals surface area contributed by atoms with E-state index in [9.17, 15) is 18.0 Å². The van der Waals surface area contributed by atoms with Crippen molar-refractivity contribution in [3.63, 3.8) is 0 Å². The number of nitrogens with one attached hydrogen (secondary N) is 1. The van der Waals surface area contributed by atoms with E-state index in [2.05, 4.69) is 5.32 Å². The number of aryl methyl sites for hydroxylation is 1. The minimum absolute atomic E-state index is 0.00175. The van der Waals surface area contributed by atoms with Crippen molar-refractivity contribution in [2.24, 2.45) is 0 Å². The van der Waals surface area contributed by atoms with Crippen LogP contribution in [-0.4, -0.2) is 43.8 Å². The Bertz CT molecular complexity index is 1420. The summed E-state index contributed by atoms with van der Waals surface area (Å²) >= 11 is 12.7. The van der Waals surface area contributed by atoms with E-state index in [-0.39, 0.29) is 39.1 Å². The maximum atomic E-state index is 14.1. The van der Waals surface area contributed by atoms with Gasteiger partial charge in [0.05, 0.1) is 15.6 Å². The lowest BCUT2D eigenvalue weighted by Gasteiger charge is -2.34.